The third-order valence-corrected chi connectivity index (χ3v) is 10.8. The Kier molecular flexibility index (Phi) is 42.4. The number of carbonyl (C=O) groups excluding carboxylic acids is 1. The van der Waals surface area contributed by atoms with E-state index >= 15 is 0 Å². The van der Waals surface area contributed by atoms with Crippen LogP contribution < -0.4 is 5.43 Å². The SMILES string of the molecule is C=C=C(CCCCCCCN(CCCCCCCC(=O)OCCCCCCCCC)NCCCC)OC(CCCCCCCC)CCCCCCCC. The lowest BCUT2D eigenvalue weighted by atomic mass is 10.0. The van der Waals surface area contributed by atoms with Crippen molar-refractivity contribution >= 4 is 5.97 Å². The molecule has 0 aromatic carbocycles. The smallest absolute Gasteiger partial charge is 0.305 e. The maximum atomic E-state index is 12.1. The molecule has 0 spiro atoms. The van der Waals surface area contributed by atoms with Crippen LogP contribution in [0.3, 0.4) is 0 Å². The van der Waals surface area contributed by atoms with Crippen LogP contribution in [0.5, 0.6) is 0 Å². The third kappa shape index (κ3) is 38.8. The molecule has 53 heavy (non-hydrogen) atoms. The number of carbonyl (C=O) groups is 1. The fraction of sp³-hybridized carbons (Fsp3) is 0.917. The fourth-order valence-electron chi connectivity index (χ4n) is 7.18. The average Bonchev–Trinajstić information content (AvgIpc) is 3.16. The van der Waals surface area contributed by atoms with Crippen LogP contribution in [0.25, 0.3) is 0 Å². The van der Waals surface area contributed by atoms with Crippen LogP contribution in [0.2, 0.25) is 0 Å². The van der Waals surface area contributed by atoms with E-state index in [1.54, 1.807) is 0 Å². The van der Waals surface area contributed by atoms with E-state index in [2.05, 4.69) is 50.4 Å². The Hall–Kier alpha value is -1.29. The first kappa shape index (κ1) is 51.7. The van der Waals surface area contributed by atoms with Gasteiger partial charge in [0.05, 0.1) is 12.7 Å². The minimum Gasteiger partial charge on any atom is -0.487 e. The maximum Gasteiger partial charge on any atom is 0.305 e. The number of allylic oxidation sites excluding steroid dienone is 1. The van der Waals surface area contributed by atoms with Crippen molar-refractivity contribution in [2.45, 2.75) is 259 Å². The van der Waals surface area contributed by atoms with Crippen LogP contribution in [0.4, 0.5) is 0 Å². The fourth-order valence-corrected chi connectivity index (χ4v) is 7.18. The number of hydrogen-bond donors (Lipinski definition) is 1. The normalized spacial score (nSPS) is 11.4. The van der Waals surface area contributed by atoms with E-state index in [0.717, 1.165) is 51.1 Å². The predicted octanol–water partition coefficient (Wildman–Crippen LogP) is 15.1. The largest absolute Gasteiger partial charge is 0.487 e. The van der Waals surface area contributed by atoms with Gasteiger partial charge in [0.25, 0.3) is 0 Å². The molecule has 0 saturated heterocycles. The van der Waals surface area contributed by atoms with Gasteiger partial charge in [-0.3, -0.25) is 10.2 Å². The summed E-state index contributed by atoms with van der Waals surface area (Å²) in [5.41, 5.74) is 6.89. The van der Waals surface area contributed by atoms with Crippen molar-refractivity contribution in [2.75, 3.05) is 26.2 Å². The van der Waals surface area contributed by atoms with E-state index in [1.807, 2.05) is 0 Å². The van der Waals surface area contributed by atoms with Crippen molar-refractivity contribution in [3.8, 4) is 0 Å². The van der Waals surface area contributed by atoms with Gasteiger partial charge >= 0.3 is 5.97 Å². The molecule has 0 bridgehead atoms. The van der Waals surface area contributed by atoms with Crippen LogP contribution >= 0.6 is 0 Å². The highest BCUT2D eigenvalue weighted by Crippen LogP contribution is 2.21. The Labute approximate surface area is 332 Å². The van der Waals surface area contributed by atoms with E-state index in [1.165, 1.54) is 193 Å². The van der Waals surface area contributed by atoms with Gasteiger partial charge in [-0.2, -0.15) is 0 Å². The second kappa shape index (κ2) is 43.4. The molecule has 0 rings (SSSR count). The molecular weight excluding hydrogens is 653 g/mol. The number of ether oxygens (including phenoxy) is 2. The summed E-state index contributed by atoms with van der Waals surface area (Å²) in [5.74, 6) is 1.01. The van der Waals surface area contributed by atoms with Gasteiger partial charge in [0.15, 0.2) is 0 Å². The number of hydrogen-bond acceptors (Lipinski definition) is 5. The van der Waals surface area contributed by atoms with Crippen molar-refractivity contribution in [1.82, 2.24) is 10.4 Å². The molecule has 0 aliphatic carbocycles. The summed E-state index contributed by atoms with van der Waals surface area (Å²) in [7, 11) is 0. The van der Waals surface area contributed by atoms with Crippen LogP contribution in [0.1, 0.15) is 252 Å². The summed E-state index contributed by atoms with van der Waals surface area (Å²) in [4.78, 5) is 12.1. The quantitative estimate of drug-likeness (QED) is 0.0221. The molecule has 0 heterocycles. The van der Waals surface area contributed by atoms with E-state index in [0.29, 0.717) is 19.1 Å². The number of unbranched alkanes of at least 4 members (excludes halogenated alkanes) is 25. The molecule has 0 radical (unpaired) electrons. The molecule has 5 heteroatoms. The highest BCUT2D eigenvalue weighted by Gasteiger charge is 2.12. The molecule has 0 aliphatic rings. The molecule has 0 aromatic rings. The van der Waals surface area contributed by atoms with Gasteiger partial charge in [-0.1, -0.05) is 188 Å². The van der Waals surface area contributed by atoms with Gasteiger partial charge in [-0.25, -0.2) is 5.01 Å². The Balaban J connectivity index is 4.20. The average molecular weight is 747 g/mol. The van der Waals surface area contributed by atoms with Gasteiger partial charge < -0.3 is 9.47 Å². The van der Waals surface area contributed by atoms with Gasteiger partial charge in [-0.15, -0.1) is 0 Å². The van der Waals surface area contributed by atoms with Crippen LogP contribution in [0, 0.1) is 0 Å². The number of hydrazine groups is 1. The summed E-state index contributed by atoms with van der Waals surface area (Å²) in [6, 6.07) is 0. The summed E-state index contributed by atoms with van der Waals surface area (Å²) in [6.07, 6.45) is 43.6. The van der Waals surface area contributed by atoms with E-state index < -0.39 is 0 Å². The Morgan fingerprint density at radius 1 is 0.528 bits per heavy atom. The molecule has 0 saturated carbocycles. The summed E-state index contributed by atoms with van der Waals surface area (Å²) >= 11 is 0. The molecule has 0 atom stereocenters. The number of esters is 1. The molecule has 5 nitrogen and oxygen atoms in total. The standard InChI is InChI=1S/C48H94N2O3/c1-6-11-15-18-21-30-37-45-52-48(51)41-34-27-23-29-36-44-50(49-42-14-9-4)43-35-28-22-26-31-38-46(10-5)53-47(39-32-24-19-16-12-7-2)40-33-25-20-17-13-8-3/h47,49H,5-9,11-45H2,1-4H3. The number of rotatable bonds is 44. The van der Waals surface area contributed by atoms with Crippen molar-refractivity contribution in [3.63, 3.8) is 0 Å². The molecule has 0 fully saturated rings. The van der Waals surface area contributed by atoms with E-state index in [4.69, 9.17) is 9.47 Å². The molecule has 0 unspecified atom stereocenters. The van der Waals surface area contributed by atoms with Gasteiger partial charge in [0.1, 0.15) is 5.76 Å². The lowest BCUT2D eigenvalue weighted by Crippen LogP contribution is -2.40. The van der Waals surface area contributed by atoms with Crippen LogP contribution in [-0.2, 0) is 14.3 Å². The Morgan fingerprint density at radius 3 is 1.43 bits per heavy atom. The molecular formula is C48H94N2O3. The molecule has 1 N–H and O–H groups in total. The Bertz CT molecular complexity index is 780. The number of nitrogens with zero attached hydrogens (tertiary/aromatic N) is 1. The van der Waals surface area contributed by atoms with Crippen molar-refractivity contribution in [3.05, 3.63) is 18.1 Å². The molecule has 0 amide bonds. The van der Waals surface area contributed by atoms with Gasteiger partial charge in [-0.05, 0) is 64.2 Å². The summed E-state index contributed by atoms with van der Waals surface area (Å²) in [6.45, 7) is 17.0. The molecule has 0 aliphatic heterocycles. The first-order valence-corrected chi connectivity index (χ1v) is 23.8. The molecule has 0 aromatic heterocycles. The van der Waals surface area contributed by atoms with Crippen LogP contribution in [-0.4, -0.2) is 43.3 Å². The monoisotopic (exact) mass is 747 g/mol. The summed E-state index contributed by atoms with van der Waals surface area (Å²) < 4.78 is 12.0. The zero-order valence-electron chi connectivity index (χ0n) is 36.5. The van der Waals surface area contributed by atoms with Crippen molar-refractivity contribution in [2.24, 2.45) is 0 Å². The highest BCUT2D eigenvalue weighted by molar-refractivity contribution is 5.69. The first-order valence-electron chi connectivity index (χ1n) is 23.8. The maximum absolute atomic E-state index is 12.1. The second-order valence-electron chi connectivity index (χ2n) is 16.1. The zero-order valence-corrected chi connectivity index (χ0v) is 36.5. The van der Waals surface area contributed by atoms with Gasteiger partial charge in [0.2, 0.25) is 0 Å². The Morgan fingerprint density at radius 2 is 0.943 bits per heavy atom. The zero-order chi connectivity index (χ0) is 38.7. The topological polar surface area (TPSA) is 50.8 Å². The van der Waals surface area contributed by atoms with E-state index in [9.17, 15) is 4.79 Å². The van der Waals surface area contributed by atoms with E-state index in [-0.39, 0.29) is 5.97 Å². The van der Waals surface area contributed by atoms with Crippen molar-refractivity contribution < 1.29 is 14.3 Å². The lowest BCUT2D eigenvalue weighted by Gasteiger charge is -2.23. The summed E-state index contributed by atoms with van der Waals surface area (Å²) in [5, 5.41) is 2.48. The minimum atomic E-state index is -0.000490. The second-order valence-corrected chi connectivity index (χ2v) is 16.1. The first-order chi connectivity index (χ1) is 26.1. The van der Waals surface area contributed by atoms with Crippen LogP contribution in [0.15, 0.2) is 18.1 Å². The van der Waals surface area contributed by atoms with Gasteiger partial charge in [0, 0.05) is 32.5 Å². The highest BCUT2D eigenvalue weighted by atomic mass is 16.5. The number of nitrogens with one attached hydrogen (secondary N) is 1. The minimum absolute atomic E-state index is 0.000490. The lowest BCUT2D eigenvalue weighted by molar-refractivity contribution is -0.143. The third-order valence-electron chi connectivity index (χ3n) is 10.8. The predicted molar refractivity (Wildman–Crippen MR) is 232 cm³/mol. The van der Waals surface area contributed by atoms with Crippen molar-refractivity contribution in [1.29, 1.82) is 0 Å². The molecule has 314 valence electrons.